The minimum absolute atomic E-state index is 0.0280. The molecule has 2 aliphatic heterocycles. The van der Waals surface area contributed by atoms with Crippen LogP contribution in [-0.4, -0.2) is 81.8 Å². The van der Waals surface area contributed by atoms with E-state index in [4.69, 9.17) is 9.26 Å². The van der Waals surface area contributed by atoms with Gasteiger partial charge in [0.2, 0.25) is 11.8 Å². The van der Waals surface area contributed by atoms with Crippen molar-refractivity contribution in [1.29, 1.82) is 0 Å². The zero-order valence-corrected chi connectivity index (χ0v) is 17.9. The maximum Gasteiger partial charge on any atom is 0.248 e. The molecule has 10 heteroatoms. The number of rotatable bonds is 5. The summed E-state index contributed by atoms with van der Waals surface area (Å²) in [5.74, 6) is 2.22. The highest BCUT2D eigenvalue weighted by atomic mass is 16.5. The Kier molecular flexibility index (Phi) is 5.35. The lowest BCUT2D eigenvalue weighted by Crippen LogP contribution is -2.52. The van der Waals surface area contributed by atoms with E-state index in [9.17, 15) is 9.59 Å². The zero-order valence-electron chi connectivity index (χ0n) is 17.9. The molecule has 2 aliphatic rings. The predicted octanol–water partition coefficient (Wildman–Crippen LogP) is 0.536. The third-order valence-electron chi connectivity index (χ3n) is 6.49. The lowest BCUT2D eigenvalue weighted by Gasteiger charge is -2.41. The molecule has 10 nitrogen and oxygen atoms in total. The topological polar surface area (TPSA) is 117 Å². The number of H-pyrrole nitrogens is 1. The third kappa shape index (κ3) is 3.49. The first-order valence-electron chi connectivity index (χ1n) is 10.2. The molecule has 2 atom stereocenters. The zero-order chi connectivity index (χ0) is 21.5. The van der Waals surface area contributed by atoms with Gasteiger partial charge < -0.3 is 19.1 Å². The molecule has 0 unspecified atom stereocenters. The molecule has 0 radical (unpaired) electrons. The monoisotopic (exact) mass is 416 g/mol. The first-order chi connectivity index (χ1) is 14.3. The second kappa shape index (κ2) is 7.82. The minimum Gasteiger partial charge on any atom is -0.375 e. The molecule has 1 N–H and O–H groups in total. The van der Waals surface area contributed by atoms with Crippen LogP contribution in [0.25, 0.3) is 0 Å². The van der Waals surface area contributed by atoms with Crippen molar-refractivity contribution in [3.05, 3.63) is 28.7 Å². The summed E-state index contributed by atoms with van der Waals surface area (Å²) in [6.07, 6.45) is 0.961. The molecule has 30 heavy (non-hydrogen) atoms. The molecule has 4 rings (SSSR count). The van der Waals surface area contributed by atoms with Gasteiger partial charge in [-0.2, -0.15) is 5.10 Å². The molecule has 2 amide bonds. The van der Waals surface area contributed by atoms with Crippen LogP contribution in [0.4, 0.5) is 0 Å². The van der Waals surface area contributed by atoms with Crippen LogP contribution in [0.3, 0.4) is 0 Å². The number of methoxy groups -OCH3 is 1. The second-order valence-electron chi connectivity index (χ2n) is 8.37. The van der Waals surface area contributed by atoms with E-state index in [0.717, 1.165) is 22.9 Å². The number of hydrogen-bond acceptors (Lipinski definition) is 7. The number of hydrogen-bond donors (Lipinski definition) is 1. The average molecular weight is 416 g/mol. The minimum atomic E-state index is -0.358. The number of carbonyl (C=O) groups excluding carboxylic acids is 2. The summed E-state index contributed by atoms with van der Waals surface area (Å²) in [5, 5.41) is 11.3. The Labute approximate surface area is 174 Å². The van der Waals surface area contributed by atoms with Gasteiger partial charge in [0.1, 0.15) is 18.2 Å². The van der Waals surface area contributed by atoms with Crippen molar-refractivity contribution in [2.75, 3.05) is 39.9 Å². The van der Waals surface area contributed by atoms with Crippen molar-refractivity contribution >= 4 is 11.8 Å². The van der Waals surface area contributed by atoms with Crippen LogP contribution >= 0.6 is 0 Å². The van der Waals surface area contributed by atoms with Crippen molar-refractivity contribution in [3.8, 4) is 0 Å². The second-order valence-corrected chi connectivity index (χ2v) is 8.37. The number of piperidine rings is 1. The fourth-order valence-corrected chi connectivity index (χ4v) is 4.76. The Morgan fingerprint density at radius 2 is 2.00 bits per heavy atom. The fourth-order valence-electron chi connectivity index (χ4n) is 4.76. The number of fused-ring (bicyclic) bond motifs is 1. The molecular weight excluding hydrogens is 388 g/mol. The van der Waals surface area contributed by atoms with Crippen LogP contribution in [0.15, 0.2) is 4.52 Å². The van der Waals surface area contributed by atoms with E-state index < -0.39 is 0 Å². The maximum absolute atomic E-state index is 13.2. The van der Waals surface area contributed by atoms with Gasteiger partial charge in [0.15, 0.2) is 5.82 Å². The van der Waals surface area contributed by atoms with Gasteiger partial charge in [-0.1, -0.05) is 5.16 Å². The van der Waals surface area contributed by atoms with Gasteiger partial charge in [-0.3, -0.25) is 14.7 Å². The molecule has 0 saturated carbocycles. The van der Waals surface area contributed by atoms with Gasteiger partial charge in [-0.05, 0) is 27.2 Å². The van der Waals surface area contributed by atoms with E-state index >= 15 is 0 Å². The number of aromatic nitrogens is 4. The van der Waals surface area contributed by atoms with Crippen LogP contribution in [0.1, 0.15) is 35.1 Å². The summed E-state index contributed by atoms with van der Waals surface area (Å²) in [5.41, 5.74) is 1.23. The molecule has 0 aromatic carbocycles. The average Bonchev–Trinajstić information content (AvgIpc) is 3.41. The van der Waals surface area contributed by atoms with E-state index in [1.807, 2.05) is 30.6 Å². The van der Waals surface area contributed by atoms with Crippen LogP contribution in [0, 0.1) is 26.7 Å². The van der Waals surface area contributed by atoms with E-state index in [-0.39, 0.29) is 36.2 Å². The maximum atomic E-state index is 13.2. The summed E-state index contributed by atoms with van der Waals surface area (Å²) >= 11 is 0. The lowest BCUT2D eigenvalue weighted by molar-refractivity contribution is -0.137. The van der Waals surface area contributed by atoms with Crippen LogP contribution in [-0.2, 0) is 26.2 Å². The largest absolute Gasteiger partial charge is 0.375 e. The molecule has 162 valence electrons. The van der Waals surface area contributed by atoms with Crippen LogP contribution in [0.2, 0.25) is 0 Å². The van der Waals surface area contributed by atoms with Crippen LogP contribution < -0.4 is 0 Å². The normalized spacial score (nSPS) is 23.7. The predicted molar refractivity (Wildman–Crippen MR) is 106 cm³/mol. The highest BCUT2D eigenvalue weighted by molar-refractivity contribution is 5.80. The summed E-state index contributed by atoms with van der Waals surface area (Å²) < 4.78 is 10.2. The van der Waals surface area contributed by atoms with E-state index in [1.165, 1.54) is 7.11 Å². The number of ether oxygens (including phenoxy) is 1. The van der Waals surface area contributed by atoms with E-state index in [0.29, 0.717) is 38.4 Å². The third-order valence-corrected chi connectivity index (χ3v) is 6.49. The molecule has 4 heterocycles. The van der Waals surface area contributed by atoms with Crippen molar-refractivity contribution in [1.82, 2.24) is 30.1 Å². The van der Waals surface area contributed by atoms with Gasteiger partial charge in [0, 0.05) is 44.8 Å². The van der Waals surface area contributed by atoms with Gasteiger partial charge in [0.05, 0.1) is 17.5 Å². The Hall–Kier alpha value is -2.75. The molecule has 2 aromatic heterocycles. The molecule has 0 bridgehead atoms. The molecule has 0 aliphatic carbocycles. The van der Waals surface area contributed by atoms with Gasteiger partial charge in [-0.15, -0.1) is 0 Å². The molecule has 2 saturated heterocycles. The standard InChI is InChI=1S/C20H28N6O4/c1-12-16(13(2)30-24-12)7-17(27)26-9-15-8-25(18(28)10-29-4)6-5-20(15,11-26)19-21-14(3)22-23-19/h15H,5-11H2,1-4H3,(H,21,22,23)/t15-,20-/m1/s1. The highest BCUT2D eigenvalue weighted by Crippen LogP contribution is 2.44. The smallest absolute Gasteiger partial charge is 0.248 e. The van der Waals surface area contributed by atoms with Gasteiger partial charge in [-0.25, -0.2) is 4.98 Å². The van der Waals surface area contributed by atoms with Crippen LogP contribution in [0.5, 0.6) is 0 Å². The fraction of sp³-hybridized carbons (Fsp3) is 0.650. The molecule has 0 spiro atoms. The van der Waals surface area contributed by atoms with Crippen molar-refractivity contribution in [3.63, 3.8) is 0 Å². The van der Waals surface area contributed by atoms with E-state index in [2.05, 4.69) is 20.3 Å². The Bertz CT molecular complexity index is 933. The van der Waals surface area contributed by atoms with Gasteiger partial charge in [0.25, 0.3) is 0 Å². The number of aryl methyl sites for hydroxylation is 3. The first-order valence-corrected chi connectivity index (χ1v) is 10.2. The summed E-state index contributed by atoms with van der Waals surface area (Å²) in [6, 6.07) is 0. The Balaban J connectivity index is 1.58. The summed E-state index contributed by atoms with van der Waals surface area (Å²) in [4.78, 5) is 33.9. The van der Waals surface area contributed by atoms with Crippen molar-refractivity contribution in [2.45, 2.75) is 39.0 Å². The van der Waals surface area contributed by atoms with Gasteiger partial charge >= 0.3 is 0 Å². The summed E-state index contributed by atoms with van der Waals surface area (Å²) in [7, 11) is 1.52. The highest BCUT2D eigenvalue weighted by Gasteiger charge is 2.54. The Morgan fingerprint density at radius 3 is 2.63 bits per heavy atom. The number of nitrogens with one attached hydrogen (secondary N) is 1. The number of nitrogens with zero attached hydrogens (tertiary/aromatic N) is 5. The van der Waals surface area contributed by atoms with Crippen molar-refractivity contribution < 1.29 is 18.8 Å². The van der Waals surface area contributed by atoms with E-state index in [1.54, 1.807) is 0 Å². The molecular formula is C20H28N6O4. The SMILES string of the molecule is COCC(=O)N1CC[C@@]2(c3n[nH]c(C)n3)CN(C(=O)Cc3c(C)noc3C)C[C@H]2C1. The lowest BCUT2D eigenvalue weighted by atomic mass is 9.72. The molecule has 2 aromatic rings. The summed E-state index contributed by atoms with van der Waals surface area (Å²) in [6.45, 7) is 7.87. The quantitative estimate of drug-likeness (QED) is 0.756. The number of amides is 2. The first kappa shape index (κ1) is 20.5. The number of carbonyl (C=O) groups is 2. The number of aromatic amines is 1. The number of likely N-dealkylation sites (tertiary alicyclic amines) is 2. The van der Waals surface area contributed by atoms with Crippen molar-refractivity contribution in [2.24, 2.45) is 5.92 Å². The molecule has 2 fully saturated rings. The Morgan fingerprint density at radius 1 is 1.23 bits per heavy atom.